The summed E-state index contributed by atoms with van der Waals surface area (Å²) in [6.45, 7) is 4.82. The van der Waals surface area contributed by atoms with E-state index in [1.165, 1.54) is 0 Å². The van der Waals surface area contributed by atoms with Crippen LogP contribution in [0.1, 0.15) is 13.8 Å². The monoisotopic (exact) mass is 125 g/mol. The molecule has 0 fully saturated rings. The SMILES string of the molecule is C/C=C\C=C/[C@H](C)CN. The van der Waals surface area contributed by atoms with Gasteiger partial charge in [0.1, 0.15) is 0 Å². The van der Waals surface area contributed by atoms with E-state index in [0.717, 1.165) is 6.54 Å². The first-order valence-corrected chi connectivity index (χ1v) is 3.30. The summed E-state index contributed by atoms with van der Waals surface area (Å²) in [5.74, 6) is 0.501. The highest BCUT2D eigenvalue weighted by Crippen LogP contribution is 1.92. The van der Waals surface area contributed by atoms with E-state index in [9.17, 15) is 0 Å². The maximum absolute atomic E-state index is 5.38. The van der Waals surface area contributed by atoms with E-state index in [4.69, 9.17) is 5.73 Å². The van der Waals surface area contributed by atoms with Gasteiger partial charge in [-0.3, -0.25) is 0 Å². The minimum atomic E-state index is 0.501. The van der Waals surface area contributed by atoms with Crippen LogP contribution in [0, 0.1) is 5.92 Å². The van der Waals surface area contributed by atoms with Crippen molar-refractivity contribution in [1.82, 2.24) is 0 Å². The minimum absolute atomic E-state index is 0.501. The first-order valence-electron chi connectivity index (χ1n) is 3.30. The standard InChI is InChI=1S/C8H15N/c1-3-4-5-6-8(2)7-9/h3-6,8H,7,9H2,1-2H3/b4-3-,6-5-/t8-/m0/s1. The van der Waals surface area contributed by atoms with Gasteiger partial charge in [0.05, 0.1) is 0 Å². The molecule has 0 aliphatic heterocycles. The summed E-state index contributed by atoms with van der Waals surface area (Å²) >= 11 is 0. The molecule has 0 aliphatic rings. The highest BCUT2D eigenvalue weighted by atomic mass is 14.5. The van der Waals surface area contributed by atoms with E-state index in [-0.39, 0.29) is 0 Å². The van der Waals surface area contributed by atoms with Crippen LogP contribution in [0.25, 0.3) is 0 Å². The molecule has 0 spiro atoms. The van der Waals surface area contributed by atoms with Gasteiger partial charge in [0.15, 0.2) is 0 Å². The molecule has 0 heterocycles. The van der Waals surface area contributed by atoms with Crippen molar-refractivity contribution in [3.05, 3.63) is 24.3 Å². The normalized spacial score (nSPS) is 15.4. The highest BCUT2D eigenvalue weighted by molar-refractivity contribution is 5.02. The maximum atomic E-state index is 5.38. The first-order chi connectivity index (χ1) is 4.31. The van der Waals surface area contributed by atoms with E-state index in [0.29, 0.717) is 5.92 Å². The third-order valence-corrected chi connectivity index (χ3v) is 1.11. The molecule has 0 amide bonds. The molecule has 0 saturated heterocycles. The quantitative estimate of drug-likeness (QED) is 0.571. The summed E-state index contributed by atoms with van der Waals surface area (Å²) in [5.41, 5.74) is 5.38. The number of allylic oxidation sites excluding steroid dienone is 3. The van der Waals surface area contributed by atoms with E-state index in [2.05, 4.69) is 13.0 Å². The first kappa shape index (κ1) is 8.44. The zero-order valence-electron chi connectivity index (χ0n) is 6.17. The van der Waals surface area contributed by atoms with Crippen molar-refractivity contribution in [2.45, 2.75) is 13.8 Å². The van der Waals surface area contributed by atoms with Gasteiger partial charge in [0, 0.05) is 0 Å². The van der Waals surface area contributed by atoms with E-state index >= 15 is 0 Å². The Morgan fingerprint density at radius 3 is 2.56 bits per heavy atom. The molecule has 0 saturated carbocycles. The van der Waals surface area contributed by atoms with Crippen LogP contribution in [0.2, 0.25) is 0 Å². The Kier molecular flexibility index (Phi) is 5.23. The Labute approximate surface area is 57.3 Å². The molecule has 0 radical (unpaired) electrons. The molecular formula is C8H15N. The Hall–Kier alpha value is -0.560. The summed E-state index contributed by atoms with van der Waals surface area (Å²) in [6.07, 6.45) is 8.13. The predicted molar refractivity (Wildman–Crippen MR) is 42.2 cm³/mol. The topological polar surface area (TPSA) is 26.0 Å². The Balaban J connectivity index is 3.43. The zero-order chi connectivity index (χ0) is 7.11. The smallest absolute Gasteiger partial charge is 0.00167 e. The lowest BCUT2D eigenvalue weighted by atomic mass is 10.2. The van der Waals surface area contributed by atoms with Crippen LogP contribution in [0.3, 0.4) is 0 Å². The van der Waals surface area contributed by atoms with Crippen LogP contribution in [0.15, 0.2) is 24.3 Å². The summed E-state index contributed by atoms with van der Waals surface area (Å²) in [4.78, 5) is 0. The number of hydrogen-bond acceptors (Lipinski definition) is 1. The van der Waals surface area contributed by atoms with Crippen molar-refractivity contribution in [3.8, 4) is 0 Å². The summed E-state index contributed by atoms with van der Waals surface area (Å²) in [7, 11) is 0. The van der Waals surface area contributed by atoms with Crippen molar-refractivity contribution < 1.29 is 0 Å². The van der Waals surface area contributed by atoms with Gasteiger partial charge in [-0.05, 0) is 19.4 Å². The van der Waals surface area contributed by atoms with Gasteiger partial charge in [-0.1, -0.05) is 31.2 Å². The lowest BCUT2D eigenvalue weighted by molar-refractivity contribution is 0.740. The lowest BCUT2D eigenvalue weighted by Gasteiger charge is -1.96. The van der Waals surface area contributed by atoms with Crippen LogP contribution in [0.5, 0.6) is 0 Å². The molecule has 1 heteroatoms. The third-order valence-electron chi connectivity index (χ3n) is 1.11. The zero-order valence-corrected chi connectivity index (χ0v) is 6.17. The maximum Gasteiger partial charge on any atom is -0.00167 e. The van der Waals surface area contributed by atoms with Gasteiger partial charge in [-0.2, -0.15) is 0 Å². The molecule has 0 bridgehead atoms. The van der Waals surface area contributed by atoms with Crippen molar-refractivity contribution in [3.63, 3.8) is 0 Å². The van der Waals surface area contributed by atoms with Gasteiger partial charge in [0.25, 0.3) is 0 Å². The average molecular weight is 125 g/mol. The Morgan fingerprint density at radius 1 is 1.44 bits per heavy atom. The lowest BCUT2D eigenvalue weighted by Crippen LogP contribution is -2.07. The average Bonchev–Trinajstić information content (AvgIpc) is 1.89. The van der Waals surface area contributed by atoms with Gasteiger partial charge in [-0.25, -0.2) is 0 Å². The number of hydrogen-bond donors (Lipinski definition) is 1. The fourth-order valence-corrected chi connectivity index (χ4v) is 0.444. The van der Waals surface area contributed by atoms with E-state index in [1.54, 1.807) is 0 Å². The molecule has 1 atom stereocenters. The van der Waals surface area contributed by atoms with Crippen molar-refractivity contribution in [2.24, 2.45) is 11.7 Å². The Bertz CT molecular complexity index is 103. The number of rotatable bonds is 3. The van der Waals surface area contributed by atoms with Crippen molar-refractivity contribution in [2.75, 3.05) is 6.54 Å². The van der Waals surface area contributed by atoms with Gasteiger partial charge in [-0.15, -0.1) is 0 Å². The summed E-state index contributed by atoms with van der Waals surface area (Å²) < 4.78 is 0. The van der Waals surface area contributed by atoms with Gasteiger partial charge >= 0.3 is 0 Å². The second-order valence-electron chi connectivity index (χ2n) is 2.12. The molecular weight excluding hydrogens is 110 g/mol. The Morgan fingerprint density at radius 2 is 2.11 bits per heavy atom. The molecule has 9 heavy (non-hydrogen) atoms. The molecule has 0 aromatic carbocycles. The van der Waals surface area contributed by atoms with Crippen LogP contribution in [-0.2, 0) is 0 Å². The predicted octanol–water partition coefficient (Wildman–Crippen LogP) is 1.71. The van der Waals surface area contributed by atoms with Crippen LogP contribution >= 0.6 is 0 Å². The molecule has 52 valence electrons. The van der Waals surface area contributed by atoms with Crippen LogP contribution < -0.4 is 5.73 Å². The molecule has 0 aromatic rings. The third kappa shape index (κ3) is 5.31. The van der Waals surface area contributed by atoms with Crippen molar-refractivity contribution >= 4 is 0 Å². The van der Waals surface area contributed by atoms with Gasteiger partial charge < -0.3 is 5.73 Å². The van der Waals surface area contributed by atoms with E-state index < -0.39 is 0 Å². The molecule has 0 aliphatic carbocycles. The van der Waals surface area contributed by atoms with Gasteiger partial charge in [0.2, 0.25) is 0 Å². The molecule has 0 unspecified atom stereocenters. The number of nitrogens with two attached hydrogens (primary N) is 1. The molecule has 1 nitrogen and oxygen atoms in total. The molecule has 0 rings (SSSR count). The fourth-order valence-electron chi connectivity index (χ4n) is 0.444. The molecule has 0 aromatic heterocycles. The fraction of sp³-hybridized carbons (Fsp3) is 0.500. The van der Waals surface area contributed by atoms with Crippen LogP contribution in [0.4, 0.5) is 0 Å². The second kappa shape index (κ2) is 5.57. The van der Waals surface area contributed by atoms with Crippen molar-refractivity contribution in [1.29, 1.82) is 0 Å². The largest absolute Gasteiger partial charge is 0.330 e. The second-order valence-corrected chi connectivity index (χ2v) is 2.12. The minimum Gasteiger partial charge on any atom is -0.330 e. The highest BCUT2D eigenvalue weighted by Gasteiger charge is 1.86. The summed E-state index contributed by atoms with van der Waals surface area (Å²) in [6, 6.07) is 0. The van der Waals surface area contributed by atoms with E-state index in [1.807, 2.05) is 25.2 Å². The summed E-state index contributed by atoms with van der Waals surface area (Å²) in [5, 5.41) is 0. The van der Waals surface area contributed by atoms with Crippen LogP contribution in [-0.4, -0.2) is 6.54 Å². The molecule has 2 N–H and O–H groups in total.